The number of carbonyl (C=O) groups is 1. The third-order valence-electron chi connectivity index (χ3n) is 3.56. The van der Waals surface area contributed by atoms with Crippen LogP contribution in [-0.2, 0) is 21.2 Å². The topological polar surface area (TPSA) is 123 Å². The third kappa shape index (κ3) is 5.35. The van der Waals surface area contributed by atoms with Crippen LogP contribution in [0.15, 0.2) is 27.6 Å². The average molecular weight is 382 g/mol. The number of rotatable bonds is 9. The van der Waals surface area contributed by atoms with Crippen LogP contribution in [0, 0.1) is 13.8 Å². The Labute approximate surface area is 152 Å². The van der Waals surface area contributed by atoms with Crippen molar-refractivity contribution < 1.29 is 22.5 Å². The summed E-state index contributed by atoms with van der Waals surface area (Å²) in [5.74, 6) is 0.590. The maximum absolute atomic E-state index is 12.4. The summed E-state index contributed by atoms with van der Waals surface area (Å²) in [7, 11) is -2.22. The van der Waals surface area contributed by atoms with Crippen molar-refractivity contribution in [1.29, 1.82) is 0 Å². The van der Waals surface area contributed by atoms with Gasteiger partial charge >= 0.3 is 0 Å². The molecule has 0 spiro atoms. The molecule has 2 aromatic rings. The van der Waals surface area contributed by atoms with Crippen molar-refractivity contribution in [3.05, 3.63) is 41.0 Å². The van der Waals surface area contributed by atoms with Crippen molar-refractivity contribution in [3.63, 3.8) is 0 Å². The Morgan fingerprint density at radius 1 is 1.27 bits per heavy atom. The monoisotopic (exact) mass is 382 g/mol. The molecule has 0 aliphatic carbocycles. The Balaban J connectivity index is 2.04. The first-order chi connectivity index (χ1) is 12.3. The minimum atomic E-state index is -3.71. The molecule has 9 nitrogen and oxygen atoms in total. The van der Waals surface area contributed by atoms with Crippen LogP contribution < -0.4 is 10.0 Å². The molecule has 0 fully saturated rings. The fraction of sp³-hybridized carbons (Fsp3) is 0.438. The van der Waals surface area contributed by atoms with Crippen molar-refractivity contribution in [1.82, 2.24) is 20.2 Å². The van der Waals surface area contributed by atoms with E-state index in [0.717, 1.165) is 0 Å². The lowest BCUT2D eigenvalue weighted by Crippen LogP contribution is -2.29. The number of hydrogen-bond donors (Lipinski definition) is 2. The van der Waals surface area contributed by atoms with Crippen LogP contribution in [0.25, 0.3) is 0 Å². The normalized spacial score (nSPS) is 11.5. The summed E-state index contributed by atoms with van der Waals surface area (Å²) in [5, 5.41) is 6.40. The summed E-state index contributed by atoms with van der Waals surface area (Å²) < 4.78 is 36.8. The summed E-state index contributed by atoms with van der Waals surface area (Å²) in [4.78, 5) is 16.5. The third-order valence-corrected chi connectivity index (χ3v) is 5.01. The largest absolute Gasteiger partial charge is 0.383 e. The Morgan fingerprint density at radius 3 is 2.69 bits per heavy atom. The zero-order chi connectivity index (χ0) is 19.2. The van der Waals surface area contributed by atoms with Gasteiger partial charge in [-0.05, 0) is 31.5 Å². The number of ether oxygens (including phenoxy) is 1. The fourth-order valence-corrected chi connectivity index (χ4v) is 3.23. The highest BCUT2D eigenvalue weighted by atomic mass is 32.2. The lowest BCUT2D eigenvalue weighted by Gasteiger charge is -2.11. The molecule has 0 bridgehead atoms. The van der Waals surface area contributed by atoms with E-state index in [2.05, 4.69) is 20.2 Å². The molecule has 142 valence electrons. The first-order valence-corrected chi connectivity index (χ1v) is 9.48. The van der Waals surface area contributed by atoms with Gasteiger partial charge in [-0.1, -0.05) is 11.2 Å². The Morgan fingerprint density at radius 2 is 2.04 bits per heavy atom. The number of aryl methyl sites for hydroxylation is 2. The van der Waals surface area contributed by atoms with Crippen molar-refractivity contribution in [2.75, 3.05) is 26.8 Å². The minimum absolute atomic E-state index is 0.0249. The first-order valence-electron chi connectivity index (χ1n) is 8.00. The van der Waals surface area contributed by atoms with Crippen LogP contribution in [0.5, 0.6) is 0 Å². The molecular weight excluding hydrogens is 360 g/mol. The molecule has 1 aromatic heterocycles. The molecule has 1 heterocycles. The highest BCUT2D eigenvalue weighted by Crippen LogP contribution is 2.15. The van der Waals surface area contributed by atoms with E-state index in [0.29, 0.717) is 35.8 Å². The molecule has 0 unspecified atom stereocenters. The second kappa shape index (κ2) is 8.88. The van der Waals surface area contributed by atoms with E-state index in [1.54, 1.807) is 19.9 Å². The number of benzene rings is 1. The van der Waals surface area contributed by atoms with Crippen LogP contribution in [0.1, 0.15) is 27.6 Å². The Hall–Kier alpha value is -2.30. The van der Waals surface area contributed by atoms with E-state index in [9.17, 15) is 13.2 Å². The molecule has 0 saturated carbocycles. The van der Waals surface area contributed by atoms with E-state index in [1.165, 1.54) is 19.2 Å². The second-order valence-electron chi connectivity index (χ2n) is 5.61. The van der Waals surface area contributed by atoms with Gasteiger partial charge in [0.05, 0.1) is 11.5 Å². The predicted octanol–water partition coefficient (Wildman–Crippen LogP) is 0.584. The molecule has 0 aliphatic rings. The van der Waals surface area contributed by atoms with Crippen LogP contribution in [0.4, 0.5) is 0 Å². The van der Waals surface area contributed by atoms with Crippen molar-refractivity contribution in [3.8, 4) is 0 Å². The number of methoxy groups -OCH3 is 1. The summed E-state index contributed by atoms with van der Waals surface area (Å²) in [6, 6.07) is 4.42. The number of amides is 1. The van der Waals surface area contributed by atoms with Crippen molar-refractivity contribution >= 4 is 15.9 Å². The van der Waals surface area contributed by atoms with Gasteiger partial charge in [0.15, 0.2) is 5.82 Å². The number of carbonyl (C=O) groups excluding carboxylic acids is 1. The molecule has 10 heteroatoms. The number of nitrogens with zero attached hydrogens (tertiary/aromatic N) is 2. The molecule has 1 aromatic carbocycles. The Bertz CT molecular complexity index is 863. The van der Waals surface area contributed by atoms with Gasteiger partial charge in [-0.25, -0.2) is 13.1 Å². The van der Waals surface area contributed by atoms with Crippen LogP contribution in [0.2, 0.25) is 0 Å². The molecular formula is C16H22N4O5S. The standard InChI is InChI=1S/C16H22N4O5S/c1-11-4-5-13(26(22,23)18-8-9-24-3)10-14(11)16(21)17-7-6-15-19-12(2)20-25-15/h4-5,10,18H,6-9H2,1-3H3,(H,17,21). The maximum atomic E-state index is 12.4. The number of sulfonamides is 1. The zero-order valence-corrected chi connectivity index (χ0v) is 15.7. The van der Waals surface area contributed by atoms with Gasteiger partial charge in [0.2, 0.25) is 15.9 Å². The first kappa shape index (κ1) is 20.0. The quantitative estimate of drug-likeness (QED) is 0.608. The van der Waals surface area contributed by atoms with Gasteiger partial charge in [-0.2, -0.15) is 4.98 Å². The predicted molar refractivity (Wildman–Crippen MR) is 93.3 cm³/mol. The number of hydrogen-bond acceptors (Lipinski definition) is 7. The second-order valence-corrected chi connectivity index (χ2v) is 7.38. The zero-order valence-electron chi connectivity index (χ0n) is 14.9. The van der Waals surface area contributed by atoms with E-state index in [4.69, 9.17) is 9.26 Å². The van der Waals surface area contributed by atoms with Gasteiger partial charge in [0.25, 0.3) is 5.91 Å². The minimum Gasteiger partial charge on any atom is -0.383 e. The van der Waals surface area contributed by atoms with Crippen molar-refractivity contribution in [2.24, 2.45) is 0 Å². The fourth-order valence-electron chi connectivity index (χ4n) is 2.19. The average Bonchev–Trinajstić information content (AvgIpc) is 3.00. The molecule has 1 amide bonds. The smallest absolute Gasteiger partial charge is 0.251 e. The van der Waals surface area contributed by atoms with Gasteiger partial charge < -0.3 is 14.6 Å². The Kier molecular flexibility index (Phi) is 6.83. The molecule has 0 aliphatic heterocycles. The van der Waals surface area contributed by atoms with Crippen LogP contribution in [-0.4, -0.2) is 51.3 Å². The molecule has 2 rings (SSSR count). The lowest BCUT2D eigenvalue weighted by atomic mass is 10.1. The van der Waals surface area contributed by atoms with Gasteiger partial charge in [-0.3, -0.25) is 4.79 Å². The van der Waals surface area contributed by atoms with Gasteiger partial charge in [-0.15, -0.1) is 0 Å². The van der Waals surface area contributed by atoms with E-state index in [-0.39, 0.29) is 24.0 Å². The van der Waals surface area contributed by atoms with Gasteiger partial charge in [0.1, 0.15) is 0 Å². The van der Waals surface area contributed by atoms with Crippen LogP contribution >= 0.6 is 0 Å². The number of nitrogens with one attached hydrogen (secondary N) is 2. The summed E-state index contributed by atoms with van der Waals surface area (Å²) in [5.41, 5.74) is 0.966. The van der Waals surface area contributed by atoms with E-state index >= 15 is 0 Å². The maximum Gasteiger partial charge on any atom is 0.251 e. The molecule has 26 heavy (non-hydrogen) atoms. The highest BCUT2D eigenvalue weighted by Gasteiger charge is 2.17. The molecule has 0 saturated heterocycles. The molecule has 0 atom stereocenters. The molecule has 0 radical (unpaired) electrons. The van der Waals surface area contributed by atoms with Gasteiger partial charge in [0, 0.05) is 32.2 Å². The lowest BCUT2D eigenvalue weighted by molar-refractivity contribution is 0.0952. The van der Waals surface area contributed by atoms with E-state index < -0.39 is 10.0 Å². The summed E-state index contributed by atoms with van der Waals surface area (Å²) >= 11 is 0. The SMILES string of the molecule is COCCNS(=O)(=O)c1ccc(C)c(C(=O)NCCc2nc(C)no2)c1. The van der Waals surface area contributed by atoms with Crippen molar-refractivity contribution in [2.45, 2.75) is 25.2 Å². The van der Waals surface area contributed by atoms with E-state index in [1.807, 2.05) is 0 Å². The van der Waals surface area contributed by atoms with Crippen LogP contribution in [0.3, 0.4) is 0 Å². The summed E-state index contributed by atoms with van der Waals surface area (Å²) in [6.07, 6.45) is 0.391. The number of aromatic nitrogens is 2. The summed E-state index contributed by atoms with van der Waals surface area (Å²) in [6.45, 7) is 4.15. The highest BCUT2D eigenvalue weighted by molar-refractivity contribution is 7.89. The molecule has 2 N–H and O–H groups in total.